The van der Waals surface area contributed by atoms with Crippen LogP contribution in [0.5, 0.6) is 0 Å². The van der Waals surface area contributed by atoms with Gasteiger partial charge in [0.2, 0.25) is 5.91 Å². The second-order valence-corrected chi connectivity index (χ2v) is 6.23. The van der Waals surface area contributed by atoms with Gasteiger partial charge >= 0.3 is 0 Å². The Bertz CT molecular complexity index is 713. The molecule has 3 atom stereocenters. The standard InChI is InChI=1S/C17H16ClNO3/c1-10(20)19-14-5-4-11(18)9-13(14)17-12(6-8-22-17)16(19)15-3-2-7-21-15/h2-5,7,9,12,16-17H,6,8H2,1H3/t12-,16-,17+/m0/s1. The zero-order valence-corrected chi connectivity index (χ0v) is 12.9. The van der Waals surface area contributed by atoms with E-state index in [4.69, 9.17) is 20.8 Å². The van der Waals surface area contributed by atoms with Crippen molar-refractivity contribution in [3.63, 3.8) is 0 Å². The molecule has 0 bridgehead atoms. The van der Waals surface area contributed by atoms with Crippen LogP contribution in [0, 0.1) is 5.92 Å². The van der Waals surface area contributed by atoms with E-state index in [0.29, 0.717) is 11.6 Å². The summed E-state index contributed by atoms with van der Waals surface area (Å²) in [6.45, 7) is 2.27. The van der Waals surface area contributed by atoms with Crippen molar-refractivity contribution in [2.45, 2.75) is 25.5 Å². The van der Waals surface area contributed by atoms with Gasteiger partial charge in [-0.25, -0.2) is 0 Å². The topological polar surface area (TPSA) is 42.7 Å². The Morgan fingerprint density at radius 3 is 2.95 bits per heavy atom. The van der Waals surface area contributed by atoms with E-state index >= 15 is 0 Å². The lowest BCUT2D eigenvalue weighted by molar-refractivity contribution is -0.117. The van der Waals surface area contributed by atoms with Crippen LogP contribution < -0.4 is 4.90 Å². The average Bonchev–Trinajstić information content (AvgIpc) is 3.17. The van der Waals surface area contributed by atoms with Gasteiger partial charge in [0.05, 0.1) is 18.1 Å². The summed E-state index contributed by atoms with van der Waals surface area (Å²) >= 11 is 6.15. The number of fused-ring (bicyclic) bond motifs is 3. The van der Waals surface area contributed by atoms with Crippen LogP contribution in [0.15, 0.2) is 41.0 Å². The molecule has 4 nitrogen and oxygen atoms in total. The molecular formula is C17H16ClNO3. The van der Waals surface area contributed by atoms with E-state index in [9.17, 15) is 4.79 Å². The van der Waals surface area contributed by atoms with E-state index in [0.717, 1.165) is 23.4 Å². The van der Waals surface area contributed by atoms with Crippen LogP contribution in [0.1, 0.15) is 36.8 Å². The highest BCUT2D eigenvalue weighted by atomic mass is 35.5. The number of ether oxygens (including phenoxy) is 1. The van der Waals surface area contributed by atoms with E-state index in [-0.39, 0.29) is 24.0 Å². The first-order chi connectivity index (χ1) is 10.7. The molecule has 0 saturated carbocycles. The second kappa shape index (κ2) is 5.14. The molecule has 4 rings (SSSR count). The summed E-state index contributed by atoms with van der Waals surface area (Å²) in [5, 5.41) is 0.660. The Morgan fingerprint density at radius 1 is 1.36 bits per heavy atom. The summed E-state index contributed by atoms with van der Waals surface area (Å²) in [5.74, 6) is 0.979. The van der Waals surface area contributed by atoms with Crippen LogP contribution >= 0.6 is 11.6 Å². The summed E-state index contributed by atoms with van der Waals surface area (Å²) < 4.78 is 11.6. The highest BCUT2D eigenvalue weighted by Gasteiger charge is 2.47. The van der Waals surface area contributed by atoms with Crippen molar-refractivity contribution in [1.82, 2.24) is 0 Å². The Labute approximate surface area is 133 Å². The number of nitrogens with zero attached hydrogens (tertiary/aromatic N) is 1. The van der Waals surface area contributed by atoms with Gasteiger partial charge in [0.1, 0.15) is 11.8 Å². The third-order valence-corrected chi connectivity index (χ3v) is 4.79. The average molecular weight is 318 g/mol. The van der Waals surface area contributed by atoms with Gasteiger partial charge in [0.25, 0.3) is 0 Å². The zero-order chi connectivity index (χ0) is 15.3. The first kappa shape index (κ1) is 13.9. The van der Waals surface area contributed by atoms with Gasteiger partial charge in [-0.2, -0.15) is 0 Å². The highest BCUT2D eigenvalue weighted by Crippen LogP contribution is 2.53. The molecule has 0 unspecified atom stereocenters. The quantitative estimate of drug-likeness (QED) is 0.794. The SMILES string of the molecule is CC(=O)N1c2ccc(Cl)cc2[C@@H]2OCC[C@H]2[C@H]1c1ccco1. The molecule has 2 aromatic rings. The van der Waals surface area contributed by atoms with Gasteiger partial charge in [0, 0.05) is 30.0 Å². The minimum Gasteiger partial charge on any atom is -0.467 e. The van der Waals surface area contributed by atoms with Crippen LogP contribution in [0.4, 0.5) is 5.69 Å². The maximum absolute atomic E-state index is 12.4. The lowest BCUT2D eigenvalue weighted by atomic mass is 9.81. The van der Waals surface area contributed by atoms with Crippen LogP contribution in [0.25, 0.3) is 0 Å². The van der Waals surface area contributed by atoms with Gasteiger partial charge in [-0.1, -0.05) is 11.6 Å². The maximum atomic E-state index is 12.4. The number of hydrogen-bond donors (Lipinski definition) is 0. The van der Waals surface area contributed by atoms with Crippen molar-refractivity contribution in [2.75, 3.05) is 11.5 Å². The van der Waals surface area contributed by atoms with E-state index < -0.39 is 0 Å². The third-order valence-electron chi connectivity index (χ3n) is 4.55. The highest BCUT2D eigenvalue weighted by molar-refractivity contribution is 6.30. The van der Waals surface area contributed by atoms with Crippen molar-refractivity contribution in [1.29, 1.82) is 0 Å². The Hall–Kier alpha value is -1.78. The van der Waals surface area contributed by atoms with Gasteiger partial charge in [-0.3, -0.25) is 4.79 Å². The number of anilines is 1. The number of rotatable bonds is 1. The molecule has 2 aliphatic heterocycles. The fourth-order valence-electron chi connectivity index (χ4n) is 3.73. The molecule has 114 valence electrons. The number of halogens is 1. The van der Waals surface area contributed by atoms with Crippen LogP contribution in [0.2, 0.25) is 5.02 Å². The number of amides is 1. The predicted molar refractivity (Wildman–Crippen MR) is 82.9 cm³/mol. The lowest BCUT2D eigenvalue weighted by Crippen LogP contribution is -2.42. The monoisotopic (exact) mass is 317 g/mol. The molecule has 1 aromatic heterocycles. The van der Waals surface area contributed by atoms with Crippen LogP contribution in [-0.2, 0) is 9.53 Å². The molecular weight excluding hydrogens is 302 g/mol. The number of carbonyl (C=O) groups is 1. The number of carbonyl (C=O) groups excluding carboxylic acids is 1. The van der Waals surface area contributed by atoms with Crippen molar-refractivity contribution < 1.29 is 13.9 Å². The van der Waals surface area contributed by atoms with Crippen molar-refractivity contribution >= 4 is 23.2 Å². The van der Waals surface area contributed by atoms with Crippen molar-refractivity contribution in [3.05, 3.63) is 52.9 Å². The minimum atomic E-state index is -0.131. The lowest BCUT2D eigenvalue weighted by Gasteiger charge is -2.42. The zero-order valence-electron chi connectivity index (χ0n) is 12.2. The molecule has 22 heavy (non-hydrogen) atoms. The fourth-order valence-corrected chi connectivity index (χ4v) is 3.91. The minimum absolute atomic E-state index is 0.00433. The van der Waals surface area contributed by atoms with Crippen molar-refractivity contribution in [3.8, 4) is 0 Å². The van der Waals surface area contributed by atoms with Gasteiger partial charge in [0.15, 0.2) is 0 Å². The summed E-state index contributed by atoms with van der Waals surface area (Å²) in [7, 11) is 0. The second-order valence-electron chi connectivity index (χ2n) is 5.80. The third kappa shape index (κ3) is 1.98. The first-order valence-electron chi connectivity index (χ1n) is 7.41. The van der Waals surface area contributed by atoms with Gasteiger partial charge in [-0.05, 0) is 36.8 Å². The normalized spacial score (nSPS) is 26.6. The smallest absolute Gasteiger partial charge is 0.224 e. The first-order valence-corrected chi connectivity index (χ1v) is 7.79. The fraction of sp³-hybridized carbons (Fsp3) is 0.353. The van der Waals surface area contributed by atoms with Crippen molar-refractivity contribution in [2.24, 2.45) is 5.92 Å². The summed E-state index contributed by atoms with van der Waals surface area (Å²) in [4.78, 5) is 14.2. The van der Waals surface area contributed by atoms with Crippen LogP contribution in [0.3, 0.4) is 0 Å². The van der Waals surface area contributed by atoms with E-state index in [1.54, 1.807) is 13.2 Å². The van der Waals surface area contributed by atoms with Crippen LogP contribution in [-0.4, -0.2) is 12.5 Å². The number of furan rings is 1. The van der Waals surface area contributed by atoms with Gasteiger partial charge < -0.3 is 14.1 Å². The molecule has 0 spiro atoms. The van der Waals surface area contributed by atoms with Gasteiger partial charge in [-0.15, -0.1) is 0 Å². The number of hydrogen-bond acceptors (Lipinski definition) is 3. The maximum Gasteiger partial charge on any atom is 0.224 e. The van der Waals surface area contributed by atoms with E-state index in [1.165, 1.54) is 0 Å². The molecule has 2 aliphatic rings. The van der Waals surface area contributed by atoms with E-state index in [2.05, 4.69) is 0 Å². The Morgan fingerprint density at radius 2 is 2.23 bits per heavy atom. The molecule has 1 aromatic carbocycles. The molecule has 1 saturated heterocycles. The number of benzene rings is 1. The molecule has 0 N–H and O–H groups in total. The molecule has 0 radical (unpaired) electrons. The molecule has 1 amide bonds. The summed E-state index contributed by atoms with van der Waals surface area (Å²) in [5.41, 5.74) is 1.86. The largest absolute Gasteiger partial charge is 0.467 e. The Kier molecular flexibility index (Phi) is 3.24. The summed E-state index contributed by atoms with van der Waals surface area (Å²) in [6.07, 6.45) is 2.50. The predicted octanol–water partition coefficient (Wildman–Crippen LogP) is 4.12. The molecule has 5 heteroatoms. The van der Waals surface area contributed by atoms with E-state index in [1.807, 2.05) is 35.2 Å². The summed E-state index contributed by atoms with van der Waals surface area (Å²) in [6, 6.07) is 9.27. The Balaban J connectivity index is 1.92. The molecule has 0 aliphatic carbocycles. The molecule has 1 fully saturated rings. The molecule has 3 heterocycles.